The van der Waals surface area contributed by atoms with Crippen molar-refractivity contribution in [2.75, 3.05) is 5.32 Å². The minimum absolute atomic E-state index is 0.0130. The van der Waals surface area contributed by atoms with Crippen LogP contribution in [0.2, 0.25) is 0 Å². The molecule has 0 saturated carbocycles. The number of primary amides is 1. The second-order valence-electron chi connectivity index (χ2n) is 7.94. The molecule has 0 bridgehead atoms. The molecular weight excluding hydrogens is 544 g/mol. The standard InChI is InChI=1S/C22H22BrF2N7O2S/c1-5-31-7-13(9(2)29-31)12-6-15(19(24)25)27-22-16(12)17(18(35-22)20(26)33)28-21(34)11(4)32-8-14(23)10(3)30-32/h6-8,11,19H,5H2,1-4H3,(H2,26,33)(H,28,34). The van der Waals surface area contributed by atoms with Crippen molar-refractivity contribution in [3.05, 3.63) is 44.9 Å². The van der Waals surface area contributed by atoms with Gasteiger partial charge in [-0.05, 0) is 55.3 Å². The Morgan fingerprint density at radius 2 is 1.91 bits per heavy atom. The highest BCUT2D eigenvalue weighted by atomic mass is 79.9. The van der Waals surface area contributed by atoms with Crippen LogP contribution >= 0.6 is 27.3 Å². The number of rotatable bonds is 7. The molecule has 0 fully saturated rings. The number of nitrogens with two attached hydrogens (primary N) is 1. The molecule has 3 N–H and O–H groups in total. The number of thiophene rings is 1. The van der Waals surface area contributed by atoms with E-state index in [1.54, 1.807) is 37.8 Å². The summed E-state index contributed by atoms with van der Waals surface area (Å²) in [5.41, 5.74) is 7.57. The molecule has 35 heavy (non-hydrogen) atoms. The molecule has 0 spiro atoms. The number of anilines is 1. The van der Waals surface area contributed by atoms with Gasteiger partial charge in [-0.2, -0.15) is 10.2 Å². The lowest BCUT2D eigenvalue weighted by molar-refractivity contribution is -0.119. The Morgan fingerprint density at radius 1 is 1.20 bits per heavy atom. The Balaban J connectivity index is 1.91. The molecule has 4 aromatic rings. The van der Waals surface area contributed by atoms with E-state index in [0.717, 1.165) is 15.8 Å². The van der Waals surface area contributed by atoms with Gasteiger partial charge in [0.2, 0.25) is 5.91 Å². The number of aromatic nitrogens is 5. The van der Waals surface area contributed by atoms with Crippen LogP contribution in [0.1, 0.15) is 53.1 Å². The number of halogens is 3. The summed E-state index contributed by atoms with van der Waals surface area (Å²) in [4.78, 5) is 29.7. The minimum atomic E-state index is -2.83. The van der Waals surface area contributed by atoms with Crippen molar-refractivity contribution in [1.82, 2.24) is 24.5 Å². The summed E-state index contributed by atoms with van der Waals surface area (Å²) >= 11 is 4.23. The van der Waals surface area contributed by atoms with Crippen LogP contribution in [-0.4, -0.2) is 36.4 Å². The summed E-state index contributed by atoms with van der Waals surface area (Å²) in [5.74, 6) is -1.27. The zero-order valence-electron chi connectivity index (χ0n) is 19.3. The lowest BCUT2D eigenvalue weighted by Gasteiger charge is -2.14. The third kappa shape index (κ3) is 4.57. The highest BCUT2D eigenvalue weighted by molar-refractivity contribution is 9.10. The second kappa shape index (κ2) is 9.46. The maximum Gasteiger partial charge on any atom is 0.280 e. The third-order valence-corrected chi connectivity index (χ3v) is 7.45. The van der Waals surface area contributed by atoms with E-state index >= 15 is 0 Å². The molecule has 184 valence electrons. The van der Waals surface area contributed by atoms with E-state index in [4.69, 9.17) is 5.73 Å². The highest BCUT2D eigenvalue weighted by Gasteiger charge is 2.27. The van der Waals surface area contributed by atoms with Crippen LogP contribution in [-0.2, 0) is 11.3 Å². The Labute approximate surface area is 211 Å². The number of aryl methyl sites for hydroxylation is 3. The summed E-state index contributed by atoms with van der Waals surface area (Å²) in [6.45, 7) is 7.68. The number of nitrogens with zero attached hydrogens (tertiary/aromatic N) is 5. The molecule has 0 aliphatic carbocycles. The predicted molar refractivity (Wildman–Crippen MR) is 133 cm³/mol. The van der Waals surface area contributed by atoms with E-state index in [0.29, 0.717) is 34.4 Å². The van der Waals surface area contributed by atoms with Crippen LogP contribution in [0.4, 0.5) is 14.5 Å². The van der Waals surface area contributed by atoms with Crippen molar-refractivity contribution in [2.24, 2.45) is 5.73 Å². The zero-order chi connectivity index (χ0) is 25.6. The van der Waals surface area contributed by atoms with Gasteiger partial charge in [0, 0.05) is 29.9 Å². The summed E-state index contributed by atoms with van der Waals surface area (Å²) in [6, 6.07) is 0.527. The number of carbonyl (C=O) groups excluding carboxylic acids is 2. The normalized spacial score (nSPS) is 12.5. The Hall–Kier alpha value is -3.19. The molecule has 9 nitrogen and oxygen atoms in total. The Kier molecular flexibility index (Phi) is 6.73. The topological polar surface area (TPSA) is 121 Å². The molecule has 0 aromatic carbocycles. The smallest absolute Gasteiger partial charge is 0.280 e. The summed E-state index contributed by atoms with van der Waals surface area (Å²) in [5, 5.41) is 11.9. The number of alkyl halides is 2. The fourth-order valence-corrected chi connectivity index (χ4v) is 4.99. The fraction of sp³-hybridized carbons (Fsp3) is 0.318. The monoisotopic (exact) mass is 565 g/mol. The van der Waals surface area contributed by atoms with Gasteiger partial charge in [-0.3, -0.25) is 19.0 Å². The zero-order valence-corrected chi connectivity index (χ0v) is 21.7. The molecule has 4 rings (SSSR count). The van der Waals surface area contributed by atoms with Crippen LogP contribution in [0.15, 0.2) is 22.9 Å². The summed E-state index contributed by atoms with van der Waals surface area (Å²) in [7, 11) is 0. The van der Waals surface area contributed by atoms with Crippen molar-refractivity contribution < 1.29 is 18.4 Å². The van der Waals surface area contributed by atoms with Gasteiger partial charge in [-0.1, -0.05) is 0 Å². The summed E-state index contributed by atoms with van der Waals surface area (Å²) < 4.78 is 31.3. The van der Waals surface area contributed by atoms with Crippen LogP contribution in [0.3, 0.4) is 0 Å². The van der Waals surface area contributed by atoms with E-state index in [2.05, 4.69) is 36.4 Å². The second-order valence-corrected chi connectivity index (χ2v) is 9.79. The lowest BCUT2D eigenvalue weighted by atomic mass is 10.0. The molecule has 0 aliphatic rings. The van der Waals surface area contributed by atoms with E-state index in [9.17, 15) is 18.4 Å². The number of nitrogens with one attached hydrogen (secondary N) is 1. The van der Waals surface area contributed by atoms with Gasteiger partial charge in [0.1, 0.15) is 21.4 Å². The molecule has 0 saturated heterocycles. The lowest BCUT2D eigenvalue weighted by Crippen LogP contribution is -2.25. The van der Waals surface area contributed by atoms with Crippen LogP contribution in [0, 0.1) is 13.8 Å². The van der Waals surface area contributed by atoms with E-state index in [1.807, 2.05) is 6.92 Å². The number of hydrogen-bond acceptors (Lipinski definition) is 6. The molecule has 1 unspecified atom stereocenters. The van der Waals surface area contributed by atoms with Gasteiger partial charge in [0.05, 0.1) is 21.5 Å². The van der Waals surface area contributed by atoms with Crippen molar-refractivity contribution in [3.8, 4) is 11.1 Å². The maximum absolute atomic E-state index is 13.7. The molecule has 4 heterocycles. The van der Waals surface area contributed by atoms with E-state index in [1.165, 1.54) is 10.7 Å². The molecule has 2 amide bonds. The quantitative estimate of drug-likeness (QED) is 0.327. The Bertz CT molecular complexity index is 1440. The molecule has 0 radical (unpaired) electrons. The average molecular weight is 566 g/mol. The highest BCUT2D eigenvalue weighted by Crippen LogP contribution is 2.43. The van der Waals surface area contributed by atoms with Crippen molar-refractivity contribution >= 4 is 55.0 Å². The first-order chi connectivity index (χ1) is 16.5. The first kappa shape index (κ1) is 24.9. The number of carbonyl (C=O) groups is 2. The molecule has 0 aliphatic heterocycles. The van der Waals surface area contributed by atoms with Crippen molar-refractivity contribution in [2.45, 2.75) is 46.7 Å². The number of fused-ring (bicyclic) bond motifs is 1. The minimum Gasteiger partial charge on any atom is -0.365 e. The van der Waals surface area contributed by atoms with Gasteiger partial charge in [-0.25, -0.2) is 13.8 Å². The SMILES string of the molecule is CCn1cc(-c2cc(C(F)F)nc3sc(C(N)=O)c(NC(=O)C(C)n4cc(Br)c(C)n4)c23)c(C)n1. The van der Waals surface area contributed by atoms with Crippen LogP contribution in [0.25, 0.3) is 21.3 Å². The molecule has 1 atom stereocenters. The summed E-state index contributed by atoms with van der Waals surface area (Å²) in [6.07, 6.45) is 0.572. The third-order valence-electron chi connectivity index (χ3n) is 5.57. The number of pyridine rings is 1. The van der Waals surface area contributed by atoms with Gasteiger partial charge < -0.3 is 11.1 Å². The number of hydrogen-bond donors (Lipinski definition) is 2. The first-order valence-electron chi connectivity index (χ1n) is 10.6. The first-order valence-corrected chi connectivity index (χ1v) is 12.2. The number of amides is 2. The molecule has 13 heteroatoms. The largest absolute Gasteiger partial charge is 0.365 e. The average Bonchev–Trinajstić information content (AvgIpc) is 3.47. The molecule has 4 aromatic heterocycles. The van der Waals surface area contributed by atoms with E-state index in [-0.39, 0.29) is 15.4 Å². The van der Waals surface area contributed by atoms with Gasteiger partial charge in [-0.15, -0.1) is 11.3 Å². The fourth-order valence-electron chi connectivity index (χ4n) is 3.68. The maximum atomic E-state index is 13.7. The van der Waals surface area contributed by atoms with E-state index < -0.39 is 30.0 Å². The van der Waals surface area contributed by atoms with Crippen molar-refractivity contribution in [1.29, 1.82) is 0 Å². The van der Waals surface area contributed by atoms with Gasteiger partial charge in [0.15, 0.2) is 0 Å². The predicted octanol–water partition coefficient (Wildman–Crippen LogP) is 4.99. The van der Waals surface area contributed by atoms with Crippen LogP contribution in [0.5, 0.6) is 0 Å². The Morgan fingerprint density at radius 3 is 2.46 bits per heavy atom. The van der Waals surface area contributed by atoms with Gasteiger partial charge >= 0.3 is 0 Å². The van der Waals surface area contributed by atoms with Crippen molar-refractivity contribution in [3.63, 3.8) is 0 Å². The molecular formula is C22H22BrF2N7O2S. The van der Waals surface area contributed by atoms with Crippen LogP contribution < -0.4 is 11.1 Å². The van der Waals surface area contributed by atoms with Gasteiger partial charge in [0.25, 0.3) is 12.3 Å².